The van der Waals surface area contributed by atoms with Crippen LogP contribution in [-0.2, 0) is 4.79 Å². The Hall–Kier alpha value is -0.910. The molecule has 2 heterocycles. The number of nitrogens with zero attached hydrogens (tertiary/aromatic N) is 1. The molecule has 0 radical (unpaired) electrons. The lowest BCUT2D eigenvalue weighted by Gasteiger charge is -2.34. The highest BCUT2D eigenvalue weighted by Crippen LogP contribution is 2.18. The Kier molecular flexibility index (Phi) is 4.96. The number of rotatable bonds is 4. The third-order valence-corrected chi connectivity index (χ3v) is 4.54. The van der Waals surface area contributed by atoms with E-state index in [2.05, 4.69) is 23.2 Å². The Morgan fingerprint density at radius 3 is 3.05 bits per heavy atom. The van der Waals surface area contributed by atoms with Crippen molar-refractivity contribution in [1.82, 2.24) is 10.2 Å². The second-order valence-electron chi connectivity index (χ2n) is 5.60. The van der Waals surface area contributed by atoms with E-state index in [1.54, 1.807) is 11.3 Å². The molecule has 106 valence electrons. The molecule has 0 aliphatic carbocycles. The fraction of sp³-hybridized carbons (Fsp3) is 0.643. The largest absolute Gasteiger partial charge is 0.348 e. The summed E-state index contributed by atoms with van der Waals surface area (Å²) in [5.41, 5.74) is 6.00. The van der Waals surface area contributed by atoms with E-state index < -0.39 is 0 Å². The molecule has 1 amide bonds. The van der Waals surface area contributed by atoms with Crippen LogP contribution < -0.4 is 11.1 Å². The van der Waals surface area contributed by atoms with Gasteiger partial charge in [-0.2, -0.15) is 0 Å². The zero-order chi connectivity index (χ0) is 13.8. The third-order valence-electron chi connectivity index (χ3n) is 3.48. The number of nitrogens with two attached hydrogens (primary N) is 1. The van der Waals surface area contributed by atoms with Crippen LogP contribution in [0.1, 0.15) is 31.2 Å². The first-order valence-electron chi connectivity index (χ1n) is 6.85. The van der Waals surface area contributed by atoms with Crippen molar-refractivity contribution < 1.29 is 4.79 Å². The molecule has 3 atom stereocenters. The van der Waals surface area contributed by atoms with E-state index in [0.29, 0.717) is 12.5 Å². The standard InChI is InChI=1S/C14H23N3OS/c1-10-6-12(15)8-17(7-10)9-14(18)16-11(2)13-4-3-5-19-13/h3-5,10-12H,6-9,15H2,1-2H3,(H,16,18). The number of carbonyl (C=O) groups is 1. The van der Waals surface area contributed by atoms with Crippen molar-refractivity contribution in [3.8, 4) is 0 Å². The van der Waals surface area contributed by atoms with Crippen LogP contribution in [0.15, 0.2) is 17.5 Å². The number of thiophene rings is 1. The fourth-order valence-corrected chi connectivity index (χ4v) is 3.48. The molecule has 3 N–H and O–H groups in total. The van der Waals surface area contributed by atoms with Gasteiger partial charge in [0.1, 0.15) is 0 Å². The molecule has 0 saturated carbocycles. The molecule has 0 bridgehead atoms. The lowest BCUT2D eigenvalue weighted by atomic mass is 9.97. The van der Waals surface area contributed by atoms with E-state index in [1.165, 1.54) is 4.88 Å². The van der Waals surface area contributed by atoms with E-state index in [1.807, 2.05) is 18.4 Å². The maximum atomic E-state index is 12.0. The van der Waals surface area contributed by atoms with Crippen LogP contribution in [0, 0.1) is 5.92 Å². The summed E-state index contributed by atoms with van der Waals surface area (Å²) in [5.74, 6) is 0.661. The van der Waals surface area contributed by atoms with E-state index in [9.17, 15) is 4.79 Å². The molecule has 1 saturated heterocycles. The average molecular weight is 281 g/mol. The predicted octanol–water partition coefficient (Wildman–Crippen LogP) is 1.59. The summed E-state index contributed by atoms with van der Waals surface area (Å²) < 4.78 is 0. The minimum absolute atomic E-state index is 0.0854. The first-order chi connectivity index (χ1) is 9.04. The number of likely N-dealkylation sites (tertiary alicyclic amines) is 1. The monoisotopic (exact) mass is 281 g/mol. The van der Waals surface area contributed by atoms with Gasteiger partial charge in [-0.05, 0) is 30.7 Å². The molecule has 4 nitrogen and oxygen atoms in total. The number of carbonyl (C=O) groups excluding carboxylic acids is 1. The molecule has 1 aliphatic heterocycles. The van der Waals surface area contributed by atoms with Crippen LogP contribution in [0.3, 0.4) is 0 Å². The molecule has 1 aliphatic rings. The molecule has 5 heteroatoms. The molecule has 19 heavy (non-hydrogen) atoms. The lowest BCUT2D eigenvalue weighted by Crippen LogP contribution is -2.49. The van der Waals surface area contributed by atoms with Crippen LogP contribution in [0.4, 0.5) is 0 Å². The van der Waals surface area contributed by atoms with Gasteiger partial charge in [0.25, 0.3) is 0 Å². The second kappa shape index (κ2) is 6.50. The zero-order valence-electron chi connectivity index (χ0n) is 11.6. The zero-order valence-corrected chi connectivity index (χ0v) is 12.5. The normalized spacial score (nSPS) is 26.1. The summed E-state index contributed by atoms with van der Waals surface area (Å²) in [4.78, 5) is 15.4. The highest BCUT2D eigenvalue weighted by molar-refractivity contribution is 7.10. The predicted molar refractivity (Wildman–Crippen MR) is 79.1 cm³/mol. The fourth-order valence-electron chi connectivity index (χ4n) is 2.74. The highest BCUT2D eigenvalue weighted by atomic mass is 32.1. The second-order valence-corrected chi connectivity index (χ2v) is 6.58. The van der Waals surface area contributed by atoms with Crippen LogP contribution in [-0.4, -0.2) is 36.5 Å². The van der Waals surface area contributed by atoms with Crippen molar-refractivity contribution in [2.45, 2.75) is 32.4 Å². The summed E-state index contributed by atoms with van der Waals surface area (Å²) in [6.45, 7) is 6.46. The Balaban J connectivity index is 1.81. The quantitative estimate of drug-likeness (QED) is 0.881. The first kappa shape index (κ1) is 14.5. The smallest absolute Gasteiger partial charge is 0.234 e. The molecule has 1 aromatic heterocycles. The van der Waals surface area contributed by atoms with Gasteiger partial charge in [0.15, 0.2) is 0 Å². The van der Waals surface area contributed by atoms with Crippen LogP contribution in [0.2, 0.25) is 0 Å². The summed E-state index contributed by atoms with van der Waals surface area (Å²) in [6, 6.07) is 4.34. The maximum Gasteiger partial charge on any atom is 0.234 e. The van der Waals surface area contributed by atoms with Crippen molar-refractivity contribution in [2.75, 3.05) is 19.6 Å². The summed E-state index contributed by atoms with van der Waals surface area (Å²) in [7, 11) is 0. The SMILES string of the molecule is CC1CC(N)CN(CC(=O)NC(C)c2cccs2)C1. The topological polar surface area (TPSA) is 58.4 Å². The molecule has 1 aromatic rings. The highest BCUT2D eigenvalue weighted by Gasteiger charge is 2.24. The van der Waals surface area contributed by atoms with E-state index in [-0.39, 0.29) is 18.0 Å². The number of nitrogens with one attached hydrogen (secondary N) is 1. The van der Waals surface area contributed by atoms with Crippen molar-refractivity contribution in [3.05, 3.63) is 22.4 Å². The third kappa shape index (κ3) is 4.30. The van der Waals surface area contributed by atoms with Crippen molar-refractivity contribution in [3.63, 3.8) is 0 Å². The van der Waals surface area contributed by atoms with Gasteiger partial charge in [-0.3, -0.25) is 9.69 Å². The summed E-state index contributed by atoms with van der Waals surface area (Å²) in [5, 5.41) is 5.08. The van der Waals surface area contributed by atoms with Gasteiger partial charge in [-0.15, -0.1) is 11.3 Å². The van der Waals surface area contributed by atoms with Crippen molar-refractivity contribution in [1.29, 1.82) is 0 Å². The number of piperidine rings is 1. The van der Waals surface area contributed by atoms with Crippen molar-refractivity contribution in [2.24, 2.45) is 11.7 Å². The number of hydrogen-bond acceptors (Lipinski definition) is 4. The van der Waals surface area contributed by atoms with Crippen molar-refractivity contribution >= 4 is 17.2 Å². The van der Waals surface area contributed by atoms with E-state index in [4.69, 9.17) is 5.73 Å². The van der Waals surface area contributed by atoms with Gasteiger partial charge in [-0.25, -0.2) is 0 Å². The van der Waals surface area contributed by atoms with Crippen LogP contribution >= 0.6 is 11.3 Å². The van der Waals surface area contributed by atoms with Gasteiger partial charge in [-0.1, -0.05) is 13.0 Å². The van der Waals surface area contributed by atoms with Crippen LogP contribution in [0.25, 0.3) is 0 Å². The van der Waals surface area contributed by atoms with Gasteiger partial charge in [0.05, 0.1) is 12.6 Å². The number of hydrogen-bond donors (Lipinski definition) is 2. The van der Waals surface area contributed by atoms with Gasteiger partial charge >= 0.3 is 0 Å². The Labute approximate surface area is 119 Å². The van der Waals surface area contributed by atoms with Gasteiger partial charge in [0, 0.05) is 24.0 Å². The Morgan fingerprint density at radius 1 is 1.63 bits per heavy atom. The minimum atomic E-state index is 0.0854. The summed E-state index contributed by atoms with van der Waals surface area (Å²) in [6.07, 6.45) is 1.06. The number of amides is 1. The average Bonchev–Trinajstić information content (AvgIpc) is 2.80. The van der Waals surface area contributed by atoms with Gasteiger partial charge < -0.3 is 11.1 Å². The molecule has 2 rings (SSSR count). The lowest BCUT2D eigenvalue weighted by molar-refractivity contribution is -0.123. The molecule has 0 spiro atoms. The minimum Gasteiger partial charge on any atom is -0.348 e. The van der Waals surface area contributed by atoms with Crippen LogP contribution in [0.5, 0.6) is 0 Å². The molecule has 3 unspecified atom stereocenters. The Morgan fingerprint density at radius 2 is 2.42 bits per heavy atom. The Bertz CT molecular complexity index is 397. The first-order valence-corrected chi connectivity index (χ1v) is 7.73. The summed E-state index contributed by atoms with van der Waals surface area (Å²) >= 11 is 1.67. The molecule has 0 aromatic carbocycles. The molecular formula is C14H23N3OS. The molecule has 1 fully saturated rings. The van der Waals surface area contributed by atoms with E-state index >= 15 is 0 Å². The van der Waals surface area contributed by atoms with E-state index in [0.717, 1.165) is 19.5 Å². The maximum absolute atomic E-state index is 12.0. The van der Waals surface area contributed by atoms with Gasteiger partial charge in [0.2, 0.25) is 5.91 Å². The molecular weight excluding hydrogens is 258 g/mol.